The number of hydrogen-bond donors (Lipinski definition) is 1. The molecule has 0 aliphatic carbocycles. The van der Waals surface area contributed by atoms with Gasteiger partial charge in [0.1, 0.15) is 18.0 Å². The highest BCUT2D eigenvalue weighted by molar-refractivity contribution is 5.70. The molecule has 1 aromatic rings. The maximum absolute atomic E-state index is 12.3. The third-order valence-corrected chi connectivity index (χ3v) is 5.58. The van der Waals surface area contributed by atoms with Gasteiger partial charge in [0, 0.05) is 32.7 Å². The van der Waals surface area contributed by atoms with Gasteiger partial charge in [0.2, 0.25) is 0 Å². The van der Waals surface area contributed by atoms with Crippen molar-refractivity contribution in [3.05, 3.63) is 29.8 Å². The lowest BCUT2D eigenvalue weighted by atomic mass is 9.89. The molecule has 8 heteroatoms. The predicted octanol–water partition coefficient (Wildman–Crippen LogP) is 2.79. The number of carboxylic acids is 1. The number of morpholine rings is 1. The Morgan fingerprint density at radius 3 is 2.61 bits per heavy atom. The van der Waals surface area contributed by atoms with Gasteiger partial charge >= 0.3 is 12.1 Å². The molecule has 172 valence electrons. The Bertz CT molecular complexity index is 768. The number of likely N-dealkylation sites (tertiary alicyclic amines) is 1. The molecular formula is C23H34N2O6. The number of rotatable bonds is 6. The molecule has 2 fully saturated rings. The molecule has 2 aliphatic heterocycles. The Balaban J connectivity index is 1.45. The summed E-state index contributed by atoms with van der Waals surface area (Å²) in [5.74, 6) is -0.166. The van der Waals surface area contributed by atoms with Crippen LogP contribution >= 0.6 is 0 Å². The van der Waals surface area contributed by atoms with E-state index in [0.717, 1.165) is 38.0 Å². The minimum absolute atomic E-state index is 0.0104. The van der Waals surface area contributed by atoms with Crippen molar-refractivity contribution in [2.75, 3.05) is 45.9 Å². The first-order chi connectivity index (χ1) is 14.6. The van der Waals surface area contributed by atoms with Crippen LogP contribution in [0.2, 0.25) is 0 Å². The summed E-state index contributed by atoms with van der Waals surface area (Å²) in [6.45, 7) is 10.5. The van der Waals surface area contributed by atoms with Crippen LogP contribution in [0.4, 0.5) is 4.79 Å². The first-order valence-corrected chi connectivity index (χ1v) is 10.9. The summed E-state index contributed by atoms with van der Waals surface area (Å²) in [7, 11) is 0. The Morgan fingerprint density at radius 2 is 1.94 bits per heavy atom. The van der Waals surface area contributed by atoms with Gasteiger partial charge in [0.15, 0.2) is 0 Å². The highest BCUT2D eigenvalue weighted by Crippen LogP contribution is 2.30. The van der Waals surface area contributed by atoms with E-state index >= 15 is 0 Å². The third kappa shape index (κ3) is 7.11. The van der Waals surface area contributed by atoms with Crippen LogP contribution in [0.15, 0.2) is 24.3 Å². The summed E-state index contributed by atoms with van der Waals surface area (Å²) in [6, 6.07) is 7.23. The lowest BCUT2D eigenvalue weighted by Crippen LogP contribution is -2.58. The van der Waals surface area contributed by atoms with Crippen LogP contribution in [0.3, 0.4) is 0 Å². The van der Waals surface area contributed by atoms with Gasteiger partial charge in [-0.25, -0.2) is 4.79 Å². The minimum Gasteiger partial charge on any atom is -0.492 e. The van der Waals surface area contributed by atoms with E-state index in [1.165, 1.54) is 0 Å². The average Bonchev–Trinajstić information content (AvgIpc) is 2.67. The maximum Gasteiger partial charge on any atom is 0.410 e. The largest absolute Gasteiger partial charge is 0.492 e. The van der Waals surface area contributed by atoms with Gasteiger partial charge in [-0.2, -0.15) is 0 Å². The molecule has 0 unspecified atom stereocenters. The molecule has 0 bridgehead atoms. The minimum atomic E-state index is -0.853. The van der Waals surface area contributed by atoms with Crippen LogP contribution in [0.1, 0.15) is 39.2 Å². The number of hydrogen-bond acceptors (Lipinski definition) is 6. The first kappa shape index (κ1) is 23.3. The number of carbonyl (C=O) groups is 2. The molecule has 0 radical (unpaired) electrons. The van der Waals surface area contributed by atoms with E-state index in [2.05, 4.69) is 4.90 Å². The third-order valence-electron chi connectivity index (χ3n) is 5.58. The summed E-state index contributed by atoms with van der Waals surface area (Å²) >= 11 is 0. The maximum atomic E-state index is 12.3. The molecule has 3 rings (SSSR count). The summed E-state index contributed by atoms with van der Waals surface area (Å²) in [4.78, 5) is 27.3. The second-order valence-corrected chi connectivity index (χ2v) is 9.34. The van der Waals surface area contributed by atoms with Crippen LogP contribution in [-0.4, -0.2) is 84.1 Å². The fourth-order valence-electron chi connectivity index (χ4n) is 4.05. The average molecular weight is 435 g/mol. The van der Waals surface area contributed by atoms with Crippen molar-refractivity contribution >= 4 is 12.1 Å². The quantitative estimate of drug-likeness (QED) is 0.736. The van der Waals surface area contributed by atoms with E-state index in [1.54, 1.807) is 17.0 Å². The fourth-order valence-corrected chi connectivity index (χ4v) is 4.05. The van der Waals surface area contributed by atoms with Crippen molar-refractivity contribution in [2.24, 2.45) is 0 Å². The zero-order chi connectivity index (χ0) is 22.5. The molecule has 2 aliphatic rings. The number of piperidine rings is 1. The Hall–Kier alpha value is -2.32. The second-order valence-electron chi connectivity index (χ2n) is 9.34. The number of benzene rings is 1. The smallest absolute Gasteiger partial charge is 0.410 e. The normalized spacial score (nSPS) is 19.3. The van der Waals surface area contributed by atoms with Gasteiger partial charge in [-0.15, -0.1) is 0 Å². The van der Waals surface area contributed by atoms with E-state index < -0.39 is 11.6 Å². The molecule has 31 heavy (non-hydrogen) atoms. The van der Waals surface area contributed by atoms with Crippen LogP contribution < -0.4 is 4.74 Å². The van der Waals surface area contributed by atoms with E-state index in [9.17, 15) is 9.59 Å². The molecular weight excluding hydrogens is 400 g/mol. The molecule has 1 N–H and O–H groups in total. The molecule has 2 saturated heterocycles. The summed E-state index contributed by atoms with van der Waals surface area (Å²) in [5, 5.41) is 8.93. The summed E-state index contributed by atoms with van der Waals surface area (Å²) in [6.07, 6.45) is 1.32. The van der Waals surface area contributed by atoms with Crippen molar-refractivity contribution in [3.8, 4) is 5.75 Å². The molecule has 2 heterocycles. The van der Waals surface area contributed by atoms with Crippen molar-refractivity contribution < 1.29 is 28.9 Å². The Morgan fingerprint density at radius 1 is 1.19 bits per heavy atom. The summed E-state index contributed by atoms with van der Waals surface area (Å²) < 4.78 is 17.5. The van der Waals surface area contributed by atoms with E-state index in [-0.39, 0.29) is 18.1 Å². The number of ether oxygens (including phenoxy) is 3. The summed E-state index contributed by atoms with van der Waals surface area (Å²) in [5.41, 5.74) is 0.0161. The first-order valence-electron chi connectivity index (χ1n) is 10.9. The van der Waals surface area contributed by atoms with Gasteiger partial charge in [0.25, 0.3) is 0 Å². The van der Waals surface area contributed by atoms with Crippen LogP contribution in [-0.2, 0) is 20.7 Å². The number of carbonyl (C=O) groups excluding carboxylic acids is 1. The van der Waals surface area contributed by atoms with Crippen LogP contribution in [0.25, 0.3) is 0 Å². The Kier molecular flexibility index (Phi) is 7.43. The van der Waals surface area contributed by atoms with E-state index in [4.69, 9.17) is 19.3 Å². The van der Waals surface area contributed by atoms with Crippen LogP contribution in [0, 0.1) is 0 Å². The van der Waals surface area contributed by atoms with Crippen molar-refractivity contribution in [3.63, 3.8) is 0 Å². The number of nitrogens with zero attached hydrogens (tertiary/aromatic N) is 2. The lowest BCUT2D eigenvalue weighted by molar-refractivity contribution is -0.136. The molecule has 0 atom stereocenters. The number of aliphatic carboxylic acids is 1. The van der Waals surface area contributed by atoms with Crippen molar-refractivity contribution in [2.45, 2.75) is 51.2 Å². The van der Waals surface area contributed by atoms with Gasteiger partial charge in [-0.3, -0.25) is 9.69 Å². The van der Waals surface area contributed by atoms with E-state index in [1.807, 2.05) is 32.9 Å². The van der Waals surface area contributed by atoms with Gasteiger partial charge in [-0.05, 0) is 51.3 Å². The zero-order valence-corrected chi connectivity index (χ0v) is 18.8. The molecule has 1 aromatic carbocycles. The van der Waals surface area contributed by atoms with Crippen molar-refractivity contribution in [1.82, 2.24) is 9.80 Å². The topological polar surface area (TPSA) is 88.5 Å². The standard InChI is InChI=1S/C23H34N2O6/c1-22(2,3)31-21(28)25-9-7-23(8-10-25)17-24(12-14-30-23)11-13-29-19-6-4-5-18(15-19)16-20(26)27/h4-6,15H,7-14,16-17H2,1-3H3,(H,26,27). The SMILES string of the molecule is CC(C)(C)OC(=O)N1CCC2(CC1)CN(CCOc1cccc(CC(=O)O)c1)CCO2. The van der Waals surface area contributed by atoms with Crippen molar-refractivity contribution in [1.29, 1.82) is 0 Å². The molecule has 1 amide bonds. The monoisotopic (exact) mass is 434 g/mol. The fraction of sp³-hybridized carbons (Fsp3) is 0.652. The molecule has 0 aromatic heterocycles. The molecule has 8 nitrogen and oxygen atoms in total. The van der Waals surface area contributed by atoms with E-state index in [0.29, 0.717) is 32.1 Å². The number of amides is 1. The van der Waals surface area contributed by atoms with Gasteiger partial charge < -0.3 is 24.2 Å². The number of carboxylic acid groups (broad SMARTS) is 1. The molecule has 0 saturated carbocycles. The highest BCUT2D eigenvalue weighted by atomic mass is 16.6. The Labute approximate surface area is 184 Å². The van der Waals surface area contributed by atoms with Crippen LogP contribution in [0.5, 0.6) is 5.75 Å². The predicted molar refractivity (Wildman–Crippen MR) is 115 cm³/mol. The zero-order valence-electron chi connectivity index (χ0n) is 18.8. The molecule has 1 spiro atoms. The lowest BCUT2D eigenvalue weighted by Gasteiger charge is -2.47. The highest BCUT2D eigenvalue weighted by Gasteiger charge is 2.41. The van der Waals surface area contributed by atoms with Gasteiger partial charge in [-0.1, -0.05) is 12.1 Å². The second kappa shape index (κ2) is 9.87. The van der Waals surface area contributed by atoms with Gasteiger partial charge in [0.05, 0.1) is 18.6 Å².